The van der Waals surface area contributed by atoms with Gasteiger partial charge in [-0.05, 0) is 36.4 Å². The van der Waals surface area contributed by atoms with Crippen molar-refractivity contribution in [3.8, 4) is 22.9 Å². The molecule has 6 heteroatoms. The van der Waals surface area contributed by atoms with Crippen molar-refractivity contribution in [1.82, 2.24) is 9.97 Å². The number of H-pyrrole nitrogens is 2. The second-order valence-electron chi connectivity index (χ2n) is 5.08. The highest BCUT2D eigenvalue weighted by atomic mass is 79.9. The van der Waals surface area contributed by atoms with Gasteiger partial charge in [-0.1, -0.05) is 31.9 Å². The number of nitrogens with one attached hydrogen (secondary N) is 2. The predicted molar refractivity (Wildman–Crippen MR) is 94.3 cm³/mol. The van der Waals surface area contributed by atoms with E-state index in [2.05, 4.69) is 41.8 Å². The highest BCUT2D eigenvalue weighted by molar-refractivity contribution is 9.10. The smallest absolute Gasteiger partial charge is 0.150 e. The lowest BCUT2D eigenvalue weighted by Crippen LogP contribution is -1.78. The lowest BCUT2D eigenvalue weighted by Gasteiger charge is -1.97. The number of halogens is 2. The van der Waals surface area contributed by atoms with Crippen molar-refractivity contribution in [1.29, 1.82) is 0 Å². The Morgan fingerprint density at radius 2 is 1.09 bits per heavy atom. The van der Waals surface area contributed by atoms with Crippen LogP contribution in [0.3, 0.4) is 0 Å². The van der Waals surface area contributed by atoms with E-state index in [0.717, 1.165) is 20.0 Å². The molecule has 0 aliphatic heterocycles. The molecule has 0 amide bonds. The largest absolute Gasteiger partial charge is 0.505 e. The monoisotopic (exact) mass is 420 g/mol. The van der Waals surface area contributed by atoms with Crippen molar-refractivity contribution in [3.05, 3.63) is 45.3 Å². The fourth-order valence-corrected chi connectivity index (χ4v) is 3.38. The highest BCUT2D eigenvalue weighted by Gasteiger charge is 2.19. The molecule has 4 aromatic rings. The molecule has 0 fully saturated rings. The quantitative estimate of drug-likeness (QED) is 0.338. The summed E-state index contributed by atoms with van der Waals surface area (Å²) in [4.78, 5) is 6.30. The second kappa shape index (κ2) is 4.79. The standard InChI is InChI=1S/C16H10Br2N2O2/c17-7-1-3-11-9(5-7)15(21)13(19-11)14-16(22)10-6-8(18)2-4-12(10)20-14/h1-6,19-22H. The van der Waals surface area contributed by atoms with Crippen molar-refractivity contribution in [2.75, 3.05) is 0 Å². The summed E-state index contributed by atoms with van der Waals surface area (Å²) < 4.78 is 1.76. The maximum absolute atomic E-state index is 10.5. The van der Waals surface area contributed by atoms with Crippen LogP contribution in [0.2, 0.25) is 0 Å². The van der Waals surface area contributed by atoms with E-state index in [-0.39, 0.29) is 11.5 Å². The first-order chi connectivity index (χ1) is 10.5. The van der Waals surface area contributed by atoms with Gasteiger partial charge in [0.05, 0.1) is 0 Å². The van der Waals surface area contributed by atoms with E-state index in [0.29, 0.717) is 22.2 Å². The van der Waals surface area contributed by atoms with Crippen LogP contribution in [0, 0.1) is 0 Å². The lowest BCUT2D eigenvalue weighted by atomic mass is 10.2. The molecule has 2 aromatic carbocycles. The molecule has 4 nitrogen and oxygen atoms in total. The number of aromatic nitrogens is 2. The molecular weight excluding hydrogens is 412 g/mol. The minimum absolute atomic E-state index is 0.109. The molecule has 0 aliphatic rings. The highest BCUT2D eigenvalue weighted by Crippen LogP contribution is 2.43. The molecule has 0 radical (unpaired) electrons. The molecule has 2 aromatic heterocycles. The van der Waals surface area contributed by atoms with Gasteiger partial charge in [0.1, 0.15) is 11.4 Å². The molecule has 0 aliphatic carbocycles. The Hall–Kier alpha value is -1.92. The molecule has 110 valence electrons. The van der Waals surface area contributed by atoms with Gasteiger partial charge in [-0.15, -0.1) is 0 Å². The molecule has 0 saturated carbocycles. The van der Waals surface area contributed by atoms with E-state index >= 15 is 0 Å². The number of hydrogen-bond donors (Lipinski definition) is 4. The number of rotatable bonds is 1. The van der Waals surface area contributed by atoms with Crippen LogP contribution in [0.25, 0.3) is 33.2 Å². The van der Waals surface area contributed by atoms with E-state index < -0.39 is 0 Å². The molecule has 4 N–H and O–H groups in total. The zero-order chi connectivity index (χ0) is 15.4. The van der Waals surface area contributed by atoms with Crippen LogP contribution in [0.4, 0.5) is 0 Å². The predicted octanol–water partition coefficient (Wildman–Crippen LogP) is 5.25. The number of fused-ring (bicyclic) bond motifs is 2. The number of benzene rings is 2. The fourth-order valence-electron chi connectivity index (χ4n) is 2.66. The molecule has 0 unspecified atom stereocenters. The molecule has 0 saturated heterocycles. The summed E-state index contributed by atoms with van der Waals surface area (Å²) in [5, 5.41) is 22.4. The van der Waals surface area contributed by atoms with Gasteiger partial charge in [0.25, 0.3) is 0 Å². The van der Waals surface area contributed by atoms with E-state index in [1.807, 2.05) is 36.4 Å². The Morgan fingerprint density at radius 3 is 1.50 bits per heavy atom. The Morgan fingerprint density at radius 1 is 0.682 bits per heavy atom. The van der Waals surface area contributed by atoms with E-state index in [1.165, 1.54) is 0 Å². The summed E-state index contributed by atoms with van der Waals surface area (Å²) in [6.45, 7) is 0. The lowest BCUT2D eigenvalue weighted by molar-refractivity contribution is 0.475. The van der Waals surface area contributed by atoms with E-state index in [1.54, 1.807) is 0 Å². The third-order valence-electron chi connectivity index (χ3n) is 3.72. The Balaban J connectivity index is 2.03. The van der Waals surface area contributed by atoms with Crippen LogP contribution in [0.5, 0.6) is 11.5 Å². The van der Waals surface area contributed by atoms with Gasteiger partial charge in [0, 0.05) is 30.8 Å². The average Bonchev–Trinajstić information content (AvgIpc) is 2.98. The molecule has 0 spiro atoms. The van der Waals surface area contributed by atoms with Crippen LogP contribution >= 0.6 is 31.9 Å². The normalized spacial score (nSPS) is 11.5. The van der Waals surface area contributed by atoms with Crippen molar-refractivity contribution < 1.29 is 10.2 Å². The van der Waals surface area contributed by atoms with Gasteiger partial charge in [-0.25, -0.2) is 0 Å². The van der Waals surface area contributed by atoms with E-state index in [4.69, 9.17) is 0 Å². The maximum atomic E-state index is 10.5. The maximum Gasteiger partial charge on any atom is 0.150 e. The van der Waals surface area contributed by atoms with Gasteiger partial charge < -0.3 is 20.2 Å². The Bertz CT molecular complexity index is 950. The van der Waals surface area contributed by atoms with Crippen molar-refractivity contribution in [3.63, 3.8) is 0 Å². The van der Waals surface area contributed by atoms with Gasteiger partial charge >= 0.3 is 0 Å². The molecule has 2 heterocycles. The molecule has 4 rings (SSSR count). The van der Waals surface area contributed by atoms with Crippen molar-refractivity contribution >= 4 is 53.7 Å². The van der Waals surface area contributed by atoms with Crippen LogP contribution in [0.15, 0.2) is 45.3 Å². The summed E-state index contributed by atoms with van der Waals surface area (Å²) in [6, 6.07) is 11.2. The SMILES string of the molecule is Oc1c(-c2[nH]c3ccc(Br)cc3c2O)[nH]c2ccc(Br)cc12. The number of aromatic amines is 2. The zero-order valence-corrected chi connectivity index (χ0v) is 14.3. The van der Waals surface area contributed by atoms with Crippen LogP contribution in [0.1, 0.15) is 0 Å². The van der Waals surface area contributed by atoms with Crippen molar-refractivity contribution in [2.24, 2.45) is 0 Å². The summed E-state index contributed by atoms with van der Waals surface area (Å²) in [5.41, 5.74) is 2.54. The number of aromatic hydroxyl groups is 2. The van der Waals surface area contributed by atoms with Gasteiger partial charge in [0.2, 0.25) is 0 Å². The van der Waals surface area contributed by atoms with Crippen LogP contribution in [-0.2, 0) is 0 Å². The third-order valence-corrected chi connectivity index (χ3v) is 4.70. The summed E-state index contributed by atoms with van der Waals surface area (Å²) >= 11 is 6.79. The minimum atomic E-state index is 0.109. The first-order valence-corrected chi connectivity index (χ1v) is 8.14. The zero-order valence-electron chi connectivity index (χ0n) is 11.1. The Labute approximate surface area is 142 Å². The molecular formula is C16H10Br2N2O2. The van der Waals surface area contributed by atoms with Gasteiger partial charge in [-0.3, -0.25) is 0 Å². The second-order valence-corrected chi connectivity index (χ2v) is 6.91. The number of hydrogen-bond acceptors (Lipinski definition) is 2. The summed E-state index contributed by atoms with van der Waals surface area (Å²) in [7, 11) is 0. The van der Waals surface area contributed by atoms with Crippen molar-refractivity contribution in [2.45, 2.75) is 0 Å². The first-order valence-electron chi connectivity index (χ1n) is 6.55. The summed E-state index contributed by atoms with van der Waals surface area (Å²) in [6.07, 6.45) is 0. The third kappa shape index (κ3) is 1.94. The Kier molecular flexibility index (Phi) is 2.99. The van der Waals surface area contributed by atoms with Gasteiger partial charge in [-0.2, -0.15) is 0 Å². The summed E-state index contributed by atoms with van der Waals surface area (Å²) in [5.74, 6) is 0.217. The molecule has 0 bridgehead atoms. The average molecular weight is 422 g/mol. The van der Waals surface area contributed by atoms with Gasteiger partial charge in [0.15, 0.2) is 11.5 Å². The van der Waals surface area contributed by atoms with Crippen LogP contribution in [-0.4, -0.2) is 20.2 Å². The van der Waals surface area contributed by atoms with E-state index in [9.17, 15) is 10.2 Å². The molecule has 22 heavy (non-hydrogen) atoms. The molecule has 0 atom stereocenters. The minimum Gasteiger partial charge on any atom is -0.505 e. The fraction of sp³-hybridized carbons (Fsp3) is 0. The topological polar surface area (TPSA) is 72.0 Å². The van der Waals surface area contributed by atoms with Crippen LogP contribution < -0.4 is 0 Å². The first kappa shape index (κ1) is 13.7.